The van der Waals surface area contributed by atoms with Crippen molar-refractivity contribution in [3.8, 4) is 0 Å². The standard InChI is InChI=1S/C42H76N2O13.3C2H6S2/c1-35(41(50)51)18-16-17-24-43-39(47)23-26-54-28-30-56-32-33-57-31-29-55-27-25-44-38(46)22-21-36(42(52)53)34-37(45)19-14-12-10-8-6-4-2-3-5-7-9-11-13-15-20-40(48)49;3*1-3-4-2/h35-36H,2-34H2,1H3,(H,43,47)(H,44,46)(H,48,49)(H,50,51)(H,52,53);3*1-2H3/t35-,36+;;;/m0.../s1. The van der Waals surface area contributed by atoms with Crippen molar-refractivity contribution in [2.24, 2.45) is 11.8 Å². The van der Waals surface area contributed by atoms with Crippen molar-refractivity contribution >= 4 is 100 Å². The largest absolute Gasteiger partial charge is 0.481 e. The lowest BCUT2D eigenvalue weighted by molar-refractivity contribution is -0.144. The first-order valence-corrected chi connectivity index (χ1v) is 33.4. The Labute approximate surface area is 441 Å². The maximum Gasteiger partial charge on any atom is 0.306 e. The molecule has 0 rings (SSSR count). The minimum absolute atomic E-state index is 0.0284. The highest BCUT2D eigenvalue weighted by Gasteiger charge is 2.22. The SMILES string of the molecule is CSSC.CSSC.CSSC.C[C@@H](CCCCNC(=O)CCOCCOCCOCCOCCNC(=O)CC[C@H](CC(=O)CCCCCCCCCCCCCCCCC(=O)O)C(=O)O)C(=O)O. The van der Waals surface area contributed by atoms with Gasteiger partial charge in [-0.25, -0.2) is 0 Å². The summed E-state index contributed by atoms with van der Waals surface area (Å²) < 4.78 is 21.7. The van der Waals surface area contributed by atoms with E-state index in [0.29, 0.717) is 59.0 Å². The zero-order valence-electron chi connectivity index (χ0n) is 43.4. The Kier molecular flexibility index (Phi) is 68.1. The van der Waals surface area contributed by atoms with Crippen LogP contribution in [0.5, 0.6) is 0 Å². The lowest BCUT2D eigenvalue weighted by atomic mass is 9.94. The number of unbranched alkanes of at least 4 members (excludes halogenated alkanes) is 14. The van der Waals surface area contributed by atoms with Gasteiger partial charge in [0.1, 0.15) is 5.78 Å². The Morgan fingerprint density at radius 3 is 1.19 bits per heavy atom. The van der Waals surface area contributed by atoms with Crippen LogP contribution in [0.2, 0.25) is 0 Å². The molecule has 2 atom stereocenters. The van der Waals surface area contributed by atoms with Crippen LogP contribution in [0.15, 0.2) is 0 Å². The van der Waals surface area contributed by atoms with Crippen LogP contribution in [0.25, 0.3) is 0 Å². The molecule has 0 heterocycles. The first-order valence-electron chi connectivity index (χ1n) is 24.5. The first-order chi connectivity index (χ1) is 33.3. The Bertz CT molecular complexity index is 1170. The van der Waals surface area contributed by atoms with Crippen LogP contribution in [-0.2, 0) is 47.7 Å². The summed E-state index contributed by atoms with van der Waals surface area (Å²) in [5, 5.41) is 32.6. The molecule has 0 aromatic rings. The quantitative estimate of drug-likeness (QED) is 0.0282. The van der Waals surface area contributed by atoms with Crippen LogP contribution in [-0.4, -0.2) is 154 Å². The van der Waals surface area contributed by atoms with Crippen LogP contribution in [0, 0.1) is 11.8 Å². The Morgan fingerprint density at radius 1 is 0.406 bits per heavy atom. The molecule has 0 aromatic carbocycles. The minimum Gasteiger partial charge on any atom is -0.481 e. The number of Topliss-reactive ketones (excluding diaryl/α,β-unsaturated/α-hetero) is 1. The van der Waals surface area contributed by atoms with E-state index >= 15 is 0 Å². The molecular formula is C48H94N2O13S6. The van der Waals surface area contributed by atoms with Gasteiger partial charge < -0.3 is 44.9 Å². The predicted octanol–water partition coefficient (Wildman–Crippen LogP) is 11.2. The number of hydrogen-bond acceptors (Lipinski definition) is 16. The fourth-order valence-electron chi connectivity index (χ4n) is 6.01. The Balaban J connectivity index is -0.00000156. The van der Waals surface area contributed by atoms with Crippen LogP contribution in [0.3, 0.4) is 0 Å². The average Bonchev–Trinajstić information content (AvgIpc) is 3.33. The van der Waals surface area contributed by atoms with Crippen molar-refractivity contribution in [2.75, 3.05) is 103 Å². The van der Waals surface area contributed by atoms with Gasteiger partial charge in [0.2, 0.25) is 11.8 Å². The molecule has 0 fully saturated rings. The van der Waals surface area contributed by atoms with Gasteiger partial charge in [0.15, 0.2) is 0 Å². The number of rotatable bonds is 47. The summed E-state index contributed by atoms with van der Waals surface area (Å²) in [4.78, 5) is 69.4. The van der Waals surface area contributed by atoms with Gasteiger partial charge in [-0.05, 0) is 69.6 Å². The van der Waals surface area contributed by atoms with E-state index in [0.717, 1.165) is 57.8 Å². The van der Waals surface area contributed by atoms with Crippen molar-refractivity contribution in [1.82, 2.24) is 10.6 Å². The molecule has 0 saturated carbocycles. The molecule has 0 aliphatic carbocycles. The highest BCUT2D eigenvalue weighted by atomic mass is 33.1. The van der Waals surface area contributed by atoms with E-state index in [9.17, 15) is 33.9 Å². The highest BCUT2D eigenvalue weighted by molar-refractivity contribution is 8.76. The highest BCUT2D eigenvalue weighted by Crippen LogP contribution is 2.17. The normalized spacial score (nSPS) is 11.4. The van der Waals surface area contributed by atoms with Crippen molar-refractivity contribution in [3.63, 3.8) is 0 Å². The van der Waals surface area contributed by atoms with Crippen molar-refractivity contribution in [2.45, 2.75) is 155 Å². The Morgan fingerprint density at radius 2 is 0.783 bits per heavy atom. The number of carbonyl (C=O) groups is 6. The van der Waals surface area contributed by atoms with Gasteiger partial charge in [-0.1, -0.05) is 155 Å². The molecule has 21 heteroatoms. The second-order valence-electron chi connectivity index (χ2n) is 15.8. The molecule has 0 spiro atoms. The molecule has 0 aromatic heterocycles. The molecule has 0 unspecified atom stereocenters. The van der Waals surface area contributed by atoms with E-state index in [1.54, 1.807) is 71.7 Å². The number of carboxylic acid groups (broad SMARTS) is 3. The number of ether oxygens (including phenoxy) is 4. The number of ketones is 1. The monoisotopic (exact) mass is 1100 g/mol. The maximum atomic E-state index is 12.4. The second-order valence-corrected chi connectivity index (χ2v) is 23.8. The molecule has 2 amide bonds. The predicted molar refractivity (Wildman–Crippen MR) is 297 cm³/mol. The molecule has 0 radical (unpaired) electrons. The first kappa shape index (κ1) is 74.5. The summed E-state index contributed by atoms with van der Waals surface area (Å²) >= 11 is 0. The third-order valence-electron chi connectivity index (χ3n) is 10.1. The van der Waals surface area contributed by atoms with Crippen molar-refractivity contribution in [1.29, 1.82) is 0 Å². The zero-order chi connectivity index (χ0) is 52.4. The van der Waals surface area contributed by atoms with Crippen molar-refractivity contribution in [3.05, 3.63) is 0 Å². The van der Waals surface area contributed by atoms with Crippen LogP contribution >= 0.6 is 64.8 Å². The van der Waals surface area contributed by atoms with E-state index in [4.69, 9.17) is 29.2 Å². The number of amides is 2. The van der Waals surface area contributed by atoms with Crippen molar-refractivity contribution < 1.29 is 63.0 Å². The fourth-order valence-corrected chi connectivity index (χ4v) is 6.01. The van der Waals surface area contributed by atoms with Gasteiger partial charge >= 0.3 is 17.9 Å². The lowest BCUT2D eigenvalue weighted by Gasteiger charge is -2.12. The summed E-state index contributed by atoms with van der Waals surface area (Å²) in [6.07, 6.45) is 30.8. The third-order valence-corrected chi connectivity index (χ3v) is 14.1. The number of carbonyl (C=O) groups excluding carboxylic acids is 3. The van der Waals surface area contributed by atoms with Gasteiger partial charge in [-0.3, -0.25) is 28.8 Å². The van der Waals surface area contributed by atoms with Gasteiger partial charge in [0, 0.05) is 45.2 Å². The molecule has 0 aliphatic heterocycles. The van der Waals surface area contributed by atoms with E-state index in [2.05, 4.69) is 48.2 Å². The Hall–Kier alpha value is -1.04. The summed E-state index contributed by atoms with van der Waals surface area (Å²) in [6, 6.07) is 0. The molecule has 15 nitrogen and oxygen atoms in total. The summed E-state index contributed by atoms with van der Waals surface area (Å²) in [5.41, 5.74) is 0. The molecular weight excluding hydrogens is 1000 g/mol. The molecule has 0 bridgehead atoms. The van der Waals surface area contributed by atoms with E-state index in [1.807, 2.05) is 0 Å². The average molecular weight is 1100 g/mol. The van der Waals surface area contributed by atoms with Crippen LogP contribution < -0.4 is 10.6 Å². The van der Waals surface area contributed by atoms with E-state index < -0.39 is 23.8 Å². The van der Waals surface area contributed by atoms with Gasteiger partial charge in [0.25, 0.3) is 0 Å². The van der Waals surface area contributed by atoms with Gasteiger partial charge in [0.05, 0.1) is 64.7 Å². The van der Waals surface area contributed by atoms with Gasteiger partial charge in [-0.15, -0.1) is 0 Å². The van der Waals surface area contributed by atoms with E-state index in [-0.39, 0.29) is 75.4 Å². The topological polar surface area (TPSA) is 224 Å². The minimum atomic E-state index is -1.05. The lowest BCUT2D eigenvalue weighted by Crippen LogP contribution is -2.29. The number of nitrogens with one attached hydrogen (secondary N) is 2. The van der Waals surface area contributed by atoms with Gasteiger partial charge in [-0.2, -0.15) is 0 Å². The molecule has 410 valence electrons. The third kappa shape index (κ3) is 69.1. The summed E-state index contributed by atoms with van der Waals surface area (Å²) in [7, 11) is 10.6. The van der Waals surface area contributed by atoms with Crippen LogP contribution in [0.1, 0.15) is 155 Å². The summed E-state index contributed by atoms with van der Waals surface area (Å²) in [6.45, 7) is 5.25. The molecule has 0 aliphatic rings. The molecule has 5 N–H and O–H groups in total. The summed E-state index contributed by atoms with van der Waals surface area (Å²) in [5.74, 6) is -4.25. The maximum absolute atomic E-state index is 12.4. The fraction of sp³-hybridized carbons (Fsp3) is 0.875. The van der Waals surface area contributed by atoms with Crippen LogP contribution in [0.4, 0.5) is 0 Å². The number of carboxylic acids is 3. The number of hydrogen-bond donors (Lipinski definition) is 5. The molecule has 69 heavy (non-hydrogen) atoms. The zero-order valence-corrected chi connectivity index (χ0v) is 48.3. The molecule has 0 saturated heterocycles. The number of aliphatic carboxylic acids is 3. The second kappa shape index (κ2) is 63.1. The smallest absolute Gasteiger partial charge is 0.306 e. The van der Waals surface area contributed by atoms with E-state index in [1.165, 1.54) is 44.9 Å².